The summed E-state index contributed by atoms with van der Waals surface area (Å²) in [6.45, 7) is 1.37. The van der Waals surface area contributed by atoms with Gasteiger partial charge in [0.2, 0.25) is 0 Å². The predicted octanol–water partition coefficient (Wildman–Crippen LogP) is 1.86. The molecule has 4 nitrogen and oxygen atoms in total. The first-order valence-corrected chi connectivity index (χ1v) is 6.31. The molecule has 0 saturated carbocycles. The Morgan fingerprint density at radius 3 is 2.79 bits per heavy atom. The van der Waals surface area contributed by atoms with E-state index in [4.69, 9.17) is 5.73 Å². The standard InChI is InChI=1S/C15H15N3O/c16-14-5-7-17-9-13(14)15(19)18-8-6-11-3-1-2-4-12(11)10-18/h1-5,7,9H,6,8,10H2,(H2,16,17). The van der Waals surface area contributed by atoms with E-state index < -0.39 is 0 Å². The normalized spacial score (nSPS) is 14.0. The second-order valence-electron chi connectivity index (χ2n) is 4.71. The molecule has 0 spiro atoms. The van der Waals surface area contributed by atoms with Crippen LogP contribution in [0.15, 0.2) is 42.7 Å². The Labute approximate surface area is 111 Å². The van der Waals surface area contributed by atoms with E-state index in [1.165, 1.54) is 17.3 Å². The minimum Gasteiger partial charge on any atom is -0.398 e. The zero-order valence-electron chi connectivity index (χ0n) is 10.5. The molecule has 2 aromatic rings. The van der Waals surface area contributed by atoms with Crippen LogP contribution in [0.4, 0.5) is 5.69 Å². The van der Waals surface area contributed by atoms with Crippen LogP contribution in [0.3, 0.4) is 0 Å². The van der Waals surface area contributed by atoms with Crippen LogP contribution in [0, 0.1) is 0 Å². The highest BCUT2D eigenvalue weighted by atomic mass is 16.2. The van der Waals surface area contributed by atoms with Crippen molar-refractivity contribution < 1.29 is 4.79 Å². The highest BCUT2D eigenvalue weighted by Gasteiger charge is 2.22. The van der Waals surface area contributed by atoms with Crippen LogP contribution in [0.2, 0.25) is 0 Å². The Morgan fingerprint density at radius 1 is 1.21 bits per heavy atom. The summed E-state index contributed by atoms with van der Waals surface area (Å²) in [6.07, 6.45) is 4.03. The van der Waals surface area contributed by atoms with Crippen LogP contribution in [-0.4, -0.2) is 22.3 Å². The minimum atomic E-state index is -0.0416. The fraction of sp³-hybridized carbons (Fsp3) is 0.200. The SMILES string of the molecule is Nc1ccncc1C(=O)N1CCc2ccccc2C1. The van der Waals surface area contributed by atoms with Crippen molar-refractivity contribution in [3.63, 3.8) is 0 Å². The molecular weight excluding hydrogens is 238 g/mol. The van der Waals surface area contributed by atoms with Crippen LogP contribution in [0.25, 0.3) is 0 Å². The van der Waals surface area contributed by atoms with Crippen molar-refractivity contribution in [2.24, 2.45) is 0 Å². The molecule has 2 N–H and O–H groups in total. The molecule has 19 heavy (non-hydrogen) atoms. The van der Waals surface area contributed by atoms with Gasteiger partial charge in [0, 0.05) is 31.2 Å². The van der Waals surface area contributed by atoms with Gasteiger partial charge in [-0.3, -0.25) is 9.78 Å². The van der Waals surface area contributed by atoms with Gasteiger partial charge >= 0.3 is 0 Å². The first kappa shape index (κ1) is 11.7. The summed E-state index contributed by atoms with van der Waals surface area (Å²) >= 11 is 0. The minimum absolute atomic E-state index is 0.0416. The van der Waals surface area contributed by atoms with E-state index in [0.29, 0.717) is 17.8 Å². The van der Waals surface area contributed by atoms with Gasteiger partial charge in [-0.1, -0.05) is 24.3 Å². The fourth-order valence-electron chi connectivity index (χ4n) is 2.42. The number of rotatable bonds is 1. The number of nitrogens with two attached hydrogens (primary N) is 1. The predicted molar refractivity (Wildman–Crippen MR) is 73.5 cm³/mol. The van der Waals surface area contributed by atoms with Crippen LogP contribution in [0.1, 0.15) is 21.5 Å². The Balaban J connectivity index is 1.86. The number of pyridine rings is 1. The maximum atomic E-state index is 12.4. The third-order valence-corrected chi connectivity index (χ3v) is 3.50. The van der Waals surface area contributed by atoms with Crippen molar-refractivity contribution in [2.75, 3.05) is 12.3 Å². The fourth-order valence-corrected chi connectivity index (χ4v) is 2.42. The molecule has 1 aromatic heterocycles. The molecule has 3 rings (SSSR count). The number of fused-ring (bicyclic) bond motifs is 1. The van der Waals surface area contributed by atoms with Gasteiger partial charge < -0.3 is 10.6 Å². The number of nitrogen functional groups attached to an aromatic ring is 1. The van der Waals surface area contributed by atoms with Gasteiger partial charge in [0.15, 0.2) is 0 Å². The van der Waals surface area contributed by atoms with Crippen molar-refractivity contribution in [1.29, 1.82) is 0 Å². The Morgan fingerprint density at radius 2 is 2.00 bits per heavy atom. The topological polar surface area (TPSA) is 59.2 Å². The molecule has 1 aliphatic heterocycles. The molecule has 0 atom stereocenters. The number of anilines is 1. The molecule has 0 aliphatic carbocycles. The number of hydrogen-bond acceptors (Lipinski definition) is 3. The van der Waals surface area contributed by atoms with Gasteiger partial charge in [-0.25, -0.2) is 0 Å². The summed E-state index contributed by atoms with van der Waals surface area (Å²) in [5.74, 6) is -0.0416. The molecule has 1 aromatic carbocycles. The lowest BCUT2D eigenvalue weighted by Gasteiger charge is -2.29. The molecule has 0 fully saturated rings. The van der Waals surface area contributed by atoms with Gasteiger partial charge in [-0.15, -0.1) is 0 Å². The smallest absolute Gasteiger partial charge is 0.257 e. The number of hydrogen-bond donors (Lipinski definition) is 1. The monoisotopic (exact) mass is 253 g/mol. The number of aromatic nitrogens is 1. The van der Waals surface area contributed by atoms with Crippen molar-refractivity contribution in [2.45, 2.75) is 13.0 Å². The number of carbonyl (C=O) groups is 1. The first-order valence-electron chi connectivity index (χ1n) is 6.31. The van der Waals surface area contributed by atoms with Crippen molar-refractivity contribution in [1.82, 2.24) is 9.88 Å². The average molecular weight is 253 g/mol. The number of carbonyl (C=O) groups excluding carboxylic acids is 1. The second kappa shape index (κ2) is 4.72. The van der Waals surface area contributed by atoms with Gasteiger partial charge in [0.05, 0.1) is 5.56 Å². The van der Waals surface area contributed by atoms with Crippen molar-refractivity contribution >= 4 is 11.6 Å². The average Bonchev–Trinajstić information content (AvgIpc) is 2.46. The van der Waals surface area contributed by atoms with Crippen molar-refractivity contribution in [3.8, 4) is 0 Å². The van der Waals surface area contributed by atoms with Gasteiger partial charge in [0.1, 0.15) is 0 Å². The van der Waals surface area contributed by atoms with Crippen LogP contribution >= 0.6 is 0 Å². The molecule has 0 saturated heterocycles. The number of nitrogens with zero attached hydrogens (tertiary/aromatic N) is 2. The van der Waals surface area contributed by atoms with Crippen molar-refractivity contribution in [3.05, 3.63) is 59.4 Å². The lowest BCUT2D eigenvalue weighted by Crippen LogP contribution is -2.36. The molecule has 1 aliphatic rings. The zero-order chi connectivity index (χ0) is 13.2. The molecule has 2 heterocycles. The maximum absolute atomic E-state index is 12.4. The molecular formula is C15H15N3O. The summed E-state index contributed by atoms with van der Waals surface area (Å²) in [5.41, 5.74) is 9.35. The van der Waals surface area contributed by atoms with E-state index in [0.717, 1.165) is 13.0 Å². The van der Waals surface area contributed by atoms with Gasteiger partial charge in [-0.2, -0.15) is 0 Å². The number of benzene rings is 1. The summed E-state index contributed by atoms with van der Waals surface area (Å²) in [5, 5.41) is 0. The largest absolute Gasteiger partial charge is 0.398 e. The van der Waals surface area contributed by atoms with E-state index in [1.54, 1.807) is 12.3 Å². The number of amides is 1. The molecule has 4 heteroatoms. The molecule has 0 radical (unpaired) electrons. The Hall–Kier alpha value is -2.36. The quantitative estimate of drug-likeness (QED) is 0.844. The summed E-state index contributed by atoms with van der Waals surface area (Å²) < 4.78 is 0. The summed E-state index contributed by atoms with van der Waals surface area (Å²) in [7, 11) is 0. The Kier molecular flexibility index (Phi) is 2.91. The lowest BCUT2D eigenvalue weighted by atomic mass is 9.99. The highest BCUT2D eigenvalue weighted by Crippen LogP contribution is 2.21. The third kappa shape index (κ3) is 2.17. The molecule has 0 unspecified atom stereocenters. The van der Waals surface area contributed by atoms with E-state index in [2.05, 4.69) is 17.1 Å². The Bertz CT molecular complexity index is 624. The lowest BCUT2D eigenvalue weighted by molar-refractivity contribution is 0.0735. The van der Waals surface area contributed by atoms with E-state index in [1.807, 2.05) is 17.0 Å². The van der Waals surface area contributed by atoms with Crippen LogP contribution in [-0.2, 0) is 13.0 Å². The van der Waals surface area contributed by atoms with Crippen LogP contribution < -0.4 is 5.73 Å². The van der Waals surface area contributed by atoms with Gasteiger partial charge in [-0.05, 0) is 23.6 Å². The van der Waals surface area contributed by atoms with E-state index >= 15 is 0 Å². The molecule has 1 amide bonds. The zero-order valence-corrected chi connectivity index (χ0v) is 10.5. The van der Waals surface area contributed by atoms with Gasteiger partial charge in [0.25, 0.3) is 5.91 Å². The first-order chi connectivity index (χ1) is 9.25. The summed E-state index contributed by atoms with van der Waals surface area (Å²) in [6, 6.07) is 9.89. The van der Waals surface area contributed by atoms with E-state index in [-0.39, 0.29) is 5.91 Å². The van der Waals surface area contributed by atoms with Crippen LogP contribution in [0.5, 0.6) is 0 Å². The van der Waals surface area contributed by atoms with E-state index in [9.17, 15) is 4.79 Å². The second-order valence-corrected chi connectivity index (χ2v) is 4.71. The molecule has 0 bridgehead atoms. The summed E-state index contributed by atoms with van der Waals surface area (Å²) in [4.78, 5) is 18.2. The maximum Gasteiger partial charge on any atom is 0.257 e. The highest BCUT2D eigenvalue weighted by molar-refractivity contribution is 5.98. The third-order valence-electron chi connectivity index (χ3n) is 3.50. The molecule has 96 valence electrons.